The number of ketones is 1. The van der Waals surface area contributed by atoms with Crippen LogP contribution in [0.1, 0.15) is 12.5 Å². The summed E-state index contributed by atoms with van der Waals surface area (Å²) in [7, 11) is 0. The van der Waals surface area contributed by atoms with E-state index in [0.717, 1.165) is 5.56 Å². The summed E-state index contributed by atoms with van der Waals surface area (Å²) in [6, 6.07) is 7.96. The average molecular weight is 250 g/mol. The number of rotatable bonds is 6. The third-order valence-corrected chi connectivity index (χ3v) is 2.47. The average Bonchev–Trinajstić information content (AvgIpc) is 2.36. The lowest BCUT2D eigenvalue weighted by Gasteiger charge is -2.12. The van der Waals surface area contributed by atoms with Crippen molar-refractivity contribution in [2.24, 2.45) is 11.5 Å². The van der Waals surface area contributed by atoms with E-state index in [1.54, 1.807) is 6.92 Å². The van der Waals surface area contributed by atoms with Gasteiger partial charge in [-0.2, -0.15) is 0 Å². The molecule has 18 heavy (non-hydrogen) atoms. The lowest BCUT2D eigenvalue weighted by molar-refractivity contribution is -0.149. The molecule has 0 saturated carbocycles. The van der Waals surface area contributed by atoms with Crippen LogP contribution < -0.4 is 11.5 Å². The third kappa shape index (κ3) is 4.65. The first kappa shape index (κ1) is 14.3. The van der Waals surface area contributed by atoms with E-state index in [1.807, 2.05) is 30.3 Å². The van der Waals surface area contributed by atoms with Gasteiger partial charge in [0.15, 0.2) is 12.4 Å². The van der Waals surface area contributed by atoms with Crippen molar-refractivity contribution in [3.05, 3.63) is 35.9 Å². The fourth-order valence-corrected chi connectivity index (χ4v) is 1.33. The van der Waals surface area contributed by atoms with E-state index < -0.39 is 18.1 Å². The Bertz CT molecular complexity index is 404. The second kappa shape index (κ2) is 6.88. The van der Waals surface area contributed by atoms with Crippen LogP contribution in [-0.2, 0) is 20.7 Å². The molecule has 0 aromatic heterocycles. The van der Waals surface area contributed by atoms with Crippen molar-refractivity contribution in [2.75, 3.05) is 6.61 Å². The van der Waals surface area contributed by atoms with Crippen LogP contribution in [0.2, 0.25) is 0 Å². The zero-order chi connectivity index (χ0) is 13.5. The molecule has 0 radical (unpaired) electrons. The van der Waals surface area contributed by atoms with Crippen molar-refractivity contribution in [1.29, 1.82) is 0 Å². The van der Waals surface area contributed by atoms with Gasteiger partial charge in [-0.05, 0) is 18.9 Å². The van der Waals surface area contributed by atoms with Crippen molar-refractivity contribution >= 4 is 11.8 Å². The van der Waals surface area contributed by atoms with E-state index in [0.29, 0.717) is 6.42 Å². The molecule has 0 spiro atoms. The molecule has 0 heterocycles. The SMILES string of the molecule is C[C@H](N)C(=O)COC(=O)[C@@H](N)Cc1ccccc1. The molecule has 0 aliphatic rings. The third-order valence-electron chi connectivity index (χ3n) is 2.47. The summed E-state index contributed by atoms with van der Waals surface area (Å²) in [4.78, 5) is 22.7. The van der Waals surface area contributed by atoms with E-state index in [9.17, 15) is 9.59 Å². The standard InChI is InChI=1S/C13H18N2O3/c1-9(14)12(16)8-18-13(17)11(15)7-10-5-3-2-4-6-10/h2-6,9,11H,7-8,14-15H2,1H3/t9-,11-/m0/s1. The Hall–Kier alpha value is -1.72. The second-order valence-electron chi connectivity index (χ2n) is 4.16. The number of hydrogen-bond acceptors (Lipinski definition) is 5. The molecule has 1 aromatic rings. The molecule has 0 fully saturated rings. The molecule has 1 rings (SSSR count). The van der Waals surface area contributed by atoms with Crippen LogP contribution in [0.5, 0.6) is 0 Å². The maximum absolute atomic E-state index is 11.5. The van der Waals surface area contributed by atoms with E-state index in [1.165, 1.54) is 0 Å². The lowest BCUT2D eigenvalue weighted by atomic mass is 10.1. The molecule has 98 valence electrons. The largest absolute Gasteiger partial charge is 0.456 e. The van der Waals surface area contributed by atoms with Crippen LogP contribution in [0, 0.1) is 0 Å². The van der Waals surface area contributed by atoms with Crippen molar-refractivity contribution in [2.45, 2.75) is 25.4 Å². The molecule has 0 aliphatic heterocycles. The van der Waals surface area contributed by atoms with Crippen LogP contribution >= 0.6 is 0 Å². The number of carbonyl (C=O) groups excluding carboxylic acids is 2. The second-order valence-corrected chi connectivity index (χ2v) is 4.16. The summed E-state index contributed by atoms with van der Waals surface area (Å²) < 4.78 is 4.81. The number of Topliss-reactive ketones (excluding diaryl/α,β-unsaturated/α-hetero) is 1. The Labute approximate surface area is 106 Å². The summed E-state index contributed by atoms with van der Waals surface area (Å²) in [6.45, 7) is 1.22. The lowest BCUT2D eigenvalue weighted by Crippen LogP contribution is -2.37. The normalized spacial score (nSPS) is 13.7. The van der Waals surface area contributed by atoms with Crippen LogP contribution in [0.4, 0.5) is 0 Å². The Morgan fingerprint density at radius 1 is 1.22 bits per heavy atom. The quantitative estimate of drug-likeness (QED) is 0.694. The Balaban J connectivity index is 2.40. The molecule has 0 saturated heterocycles. The predicted molar refractivity (Wildman–Crippen MR) is 67.7 cm³/mol. The van der Waals surface area contributed by atoms with Crippen molar-refractivity contribution < 1.29 is 14.3 Å². The van der Waals surface area contributed by atoms with Gasteiger partial charge >= 0.3 is 5.97 Å². The molecule has 5 nitrogen and oxygen atoms in total. The first-order valence-corrected chi connectivity index (χ1v) is 5.75. The minimum absolute atomic E-state index is 0.320. The number of benzene rings is 1. The topological polar surface area (TPSA) is 95.4 Å². The first-order chi connectivity index (χ1) is 8.50. The molecule has 0 unspecified atom stereocenters. The molecule has 0 amide bonds. The molecule has 0 bridgehead atoms. The van der Waals surface area contributed by atoms with Crippen LogP contribution in [0.3, 0.4) is 0 Å². The molecular weight excluding hydrogens is 232 g/mol. The highest BCUT2D eigenvalue weighted by molar-refractivity contribution is 5.87. The highest BCUT2D eigenvalue weighted by Gasteiger charge is 2.18. The zero-order valence-electron chi connectivity index (χ0n) is 10.3. The monoisotopic (exact) mass is 250 g/mol. The van der Waals surface area contributed by atoms with Gasteiger partial charge < -0.3 is 16.2 Å². The Kier molecular flexibility index (Phi) is 5.48. The van der Waals surface area contributed by atoms with Gasteiger partial charge in [0.25, 0.3) is 0 Å². The van der Waals surface area contributed by atoms with Crippen LogP contribution in [-0.4, -0.2) is 30.4 Å². The maximum atomic E-state index is 11.5. The van der Waals surface area contributed by atoms with Crippen molar-refractivity contribution in [3.63, 3.8) is 0 Å². The molecule has 0 aliphatic carbocycles. The molecule has 2 atom stereocenters. The predicted octanol–water partition coefficient (Wildman–Crippen LogP) is 0.0159. The minimum atomic E-state index is -0.770. The summed E-state index contributed by atoms with van der Waals surface area (Å²) in [6.07, 6.45) is 0.381. The summed E-state index contributed by atoms with van der Waals surface area (Å²) in [5.41, 5.74) is 12.0. The summed E-state index contributed by atoms with van der Waals surface area (Å²) in [5.74, 6) is -0.914. The van der Waals surface area contributed by atoms with Crippen LogP contribution in [0.15, 0.2) is 30.3 Å². The van der Waals surface area contributed by atoms with Gasteiger partial charge in [0, 0.05) is 0 Å². The van der Waals surface area contributed by atoms with Crippen LogP contribution in [0.25, 0.3) is 0 Å². The Morgan fingerprint density at radius 2 is 1.83 bits per heavy atom. The van der Waals surface area contributed by atoms with E-state index >= 15 is 0 Å². The zero-order valence-corrected chi connectivity index (χ0v) is 10.3. The minimum Gasteiger partial charge on any atom is -0.456 e. The van der Waals surface area contributed by atoms with Gasteiger partial charge in [0.05, 0.1) is 6.04 Å². The molecule has 5 heteroatoms. The number of ether oxygens (including phenoxy) is 1. The fraction of sp³-hybridized carbons (Fsp3) is 0.385. The van der Waals surface area contributed by atoms with Crippen molar-refractivity contribution in [1.82, 2.24) is 0 Å². The highest BCUT2D eigenvalue weighted by Crippen LogP contribution is 2.03. The van der Waals surface area contributed by atoms with E-state index in [4.69, 9.17) is 16.2 Å². The van der Waals surface area contributed by atoms with E-state index in [-0.39, 0.29) is 12.4 Å². The first-order valence-electron chi connectivity index (χ1n) is 5.75. The highest BCUT2D eigenvalue weighted by atomic mass is 16.5. The Morgan fingerprint density at radius 3 is 2.39 bits per heavy atom. The van der Waals surface area contributed by atoms with Gasteiger partial charge in [0.2, 0.25) is 0 Å². The van der Waals surface area contributed by atoms with Gasteiger partial charge in [-0.3, -0.25) is 9.59 Å². The maximum Gasteiger partial charge on any atom is 0.323 e. The number of esters is 1. The van der Waals surface area contributed by atoms with Gasteiger partial charge in [-0.25, -0.2) is 0 Å². The van der Waals surface area contributed by atoms with E-state index in [2.05, 4.69) is 0 Å². The smallest absolute Gasteiger partial charge is 0.323 e. The van der Waals surface area contributed by atoms with Gasteiger partial charge in [0.1, 0.15) is 6.04 Å². The molecular formula is C13H18N2O3. The fourth-order valence-electron chi connectivity index (χ4n) is 1.33. The summed E-state index contributed by atoms with van der Waals surface area (Å²) >= 11 is 0. The van der Waals surface area contributed by atoms with Gasteiger partial charge in [-0.1, -0.05) is 30.3 Å². The van der Waals surface area contributed by atoms with Gasteiger partial charge in [-0.15, -0.1) is 0 Å². The number of hydrogen-bond donors (Lipinski definition) is 2. The number of nitrogens with two attached hydrogens (primary N) is 2. The molecule has 1 aromatic carbocycles. The molecule has 4 N–H and O–H groups in total. The summed E-state index contributed by atoms with van der Waals surface area (Å²) in [5, 5.41) is 0. The van der Waals surface area contributed by atoms with Crippen molar-refractivity contribution in [3.8, 4) is 0 Å². The number of carbonyl (C=O) groups is 2.